The monoisotopic (exact) mass is 378 g/mol. The number of aryl methyl sites for hydroxylation is 1. The van der Waals surface area contributed by atoms with E-state index in [0.29, 0.717) is 18.8 Å². The molecule has 0 unspecified atom stereocenters. The van der Waals surface area contributed by atoms with Crippen LogP contribution in [-0.2, 0) is 13.1 Å². The largest absolute Gasteiger partial charge is 0.380 e. The summed E-state index contributed by atoms with van der Waals surface area (Å²) in [4.78, 5) is 3.97. The molecule has 4 rings (SSSR count). The second-order valence-electron chi connectivity index (χ2n) is 6.76. The quantitative estimate of drug-likeness (QED) is 0.532. The predicted octanol–water partition coefficient (Wildman–Crippen LogP) is 4.99. The second kappa shape index (κ2) is 7.38. The molecule has 1 N–H and O–H groups in total. The molecule has 2 heterocycles. The molecule has 4 nitrogen and oxygen atoms in total. The van der Waals surface area contributed by atoms with Gasteiger partial charge >= 0.3 is 0 Å². The maximum absolute atomic E-state index is 14.3. The van der Waals surface area contributed by atoms with E-state index >= 15 is 0 Å². The van der Waals surface area contributed by atoms with E-state index in [0.717, 1.165) is 29.1 Å². The zero-order valence-electron chi connectivity index (χ0n) is 15.7. The minimum atomic E-state index is -0.539. The molecule has 0 spiro atoms. The summed E-state index contributed by atoms with van der Waals surface area (Å²) in [5.74, 6) is -1.04. The van der Waals surface area contributed by atoms with Gasteiger partial charge in [0, 0.05) is 29.7 Å². The lowest BCUT2D eigenvalue weighted by molar-refractivity contribution is 0.615. The van der Waals surface area contributed by atoms with Crippen LogP contribution in [0.3, 0.4) is 0 Å². The first-order chi connectivity index (χ1) is 13.5. The first-order valence-corrected chi connectivity index (χ1v) is 9.08. The topological polar surface area (TPSA) is 42.7 Å². The zero-order chi connectivity index (χ0) is 19.7. The fourth-order valence-corrected chi connectivity index (χ4v) is 3.42. The van der Waals surface area contributed by atoms with Crippen LogP contribution in [0.4, 0.5) is 14.5 Å². The summed E-state index contributed by atoms with van der Waals surface area (Å²) in [6.45, 7) is 5.12. The molecule has 4 aromatic rings. The molecule has 2 aromatic heterocycles. The fourth-order valence-electron chi connectivity index (χ4n) is 3.42. The Balaban J connectivity index is 1.61. The van der Waals surface area contributed by atoms with E-state index in [4.69, 9.17) is 0 Å². The standard InChI is InChI=1S/C22H20F2N4/c1-14-17(15(2)28(27-14)13-16-6-4-3-5-7-16)12-26-20-10-11-25-22-19(24)9-8-18(23)21(20)22/h3-11H,12-13H2,1-2H3,(H,25,26). The third kappa shape index (κ3) is 3.33. The molecule has 0 amide bonds. The van der Waals surface area contributed by atoms with Crippen molar-refractivity contribution in [2.45, 2.75) is 26.9 Å². The molecular formula is C22H20F2N4. The molecule has 0 saturated carbocycles. The number of hydrogen-bond donors (Lipinski definition) is 1. The van der Waals surface area contributed by atoms with Crippen molar-refractivity contribution < 1.29 is 8.78 Å². The molecule has 0 aliphatic carbocycles. The average molecular weight is 378 g/mol. The third-order valence-electron chi connectivity index (χ3n) is 4.95. The summed E-state index contributed by atoms with van der Waals surface area (Å²) in [6, 6.07) is 14.0. The van der Waals surface area contributed by atoms with Crippen molar-refractivity contribution in [2.75, 3.05) is 5.32 Å². The van der Waals surface area contributed by atoms with Crippen LogP contribution in [0.25, 0.3) is 10.9 Å². The van der Waals surface area contributed by atoms with Crippen LogP contribution in [-0.4, -0.2) is 14.8 Å². The van der Waals surface area contributed by atoms with Crippen molar-refractivity contribution in [2.24, 2.45) is 0 Å². The molecule has 0 bridgehead atoms. The van der Waals surface area contributed by atoms with Gasteiger partial charge in [-0.15, -0.1) is 0 Å². The summed E-state index contributed by atoms with van der Waals surface area (Å²) in [7, 11) is 0. The van der Waals surface area contributed by atoms with Gasteiger partial charge in [0.15, 0.2) is 0 Å². The summed E-state index contributed by atoms with van der Waals surface area (Å²) in [5.41, 5.74) is 4.70. The average Bonchev–Trinajstić information content (AvgIpc) is 2.96. The van der Waals surface area contributed by atoms with E-state index in [1.54, 1.807) is 6.07 Å². The Morgan fingerprint density at radius 1 is 0.964 bits per heavy atom. The van der Waals surface area contributed by atoms with Crippen LogP contribution in [0.2, 0.25) is 0 Å². The van der Waals surface area contributed by atoms with Gasteiger partial charge in [0.25, 0.3) is 0 Å². The Labute approximate surface area is 161 Å². The minimum absolute atomic E-state index is 0.0261. The Morgan fingerprint density at radius 3 is 2.50 bits per heavy atom. The van der Waals surface area contributed by atoms with E-state index in [1.807, 2.05) is 36.7 Å². The molecule has 142 valence electrons. The Hall–Kier alpha value is -3.28. The highest BCUT2D eigenvalue weighted by Crippen LogP contribution is 2.27. The number of anilines is 1. The lowest BCUT2D eigenvalue weighted by atomic mass is 10.1. The molecule has 0 aliphatic heterocycles. The van der Waals surface area contributed by atoms with Crippen LogP contribution in [0.1, 0.15) is 22.5 Å². The number of halogens is 2. The lowest BCUT2D eigenvalue weighted by Crippen LogP contribution is -2.06. The smallest absolute Gasteiger partial charge is 0.149 e. The highest BCUT2D eigenvalue weighted by Gasteiger charge is 2.15. The van der Waals surface area contributed by atoms with Crippen LogP contribution in [0.5, 0.6) is 0 Å². The predicted molar refractivity (Wildman–Crippen MR) is 106 cm³/mol. The van der Waals surface area contributed by atoms with Crippen LogP contribution in [0, 0.1) is 25.5 Å². The van der Waals surface area contributed by atoms with Crippen molar-refractivity contribution in [3.05, 3.63) is 88.9 Å². The molecule has 0 fully saturated rings. The van der Waals surface area contributed by atoms with Crippen molar-refractivity contribution >= 4 is 16.6 Å². The summed E-state index contributed by atoms with van der Waals surface area (Å²) in [5, 5.41) is 8.03. The molecule has 0 aliphatic rings. The SMILES string of the molecule is Cc1nn(Cc2ccccc2)c(C)c1CNc1ccnc2c(F)ccc(F)c12. The summed E-state index contributed by atoms with van der Waals surface area (Å²) >= 11 is 0. The van der Waals surface area contributed by atoms with Crippen molar-refractivity contribution in [1.82, 2.24) is 14.8 Å². The zero-order valence-corrected chi connectivity index (χ0v) is 15.7. The summed E-state index contributed by atoms with van der Waals surface area (Å²) in [6.07, 6.45) is 1.48. The number of fused-ring (bicyclic) bond motifs is 1. The van der Waals surface area contributed by atoms with E-state index < -0.39 is 11.6 Å². The van der Waals surface area contributed by atoms with Crippen molar-refractivity contribution in [3.8, 4) is 0 Å². The van der Waals surface area contributed by atoms with E-state index in [2.05, 4.69) is 27.5 Å². The summed E-state index contributed by atoms with van der Waals surface area (Å²) < 4.78 is 30.2. The van der Waals surface area contributed by atoms with Crippen LogP contribution < -0.4 is 5.32 Å². The van der Waals surface area contributed by atoms with Crippen molar-refractivity contribution in [3.63, 3.8) is 0 Å². The van der Waals surface area contributed by atoms with Gasteiger partial charge in [-0.3, -0.25) is 9.67 Å². The molecule has 0 atom stereocenters. The lowest BCUT2D eigenvalue weighted by Gasteiger charge is -2.11. The number of rotatable bonds is 5. The number of hydrogen-bond acceptors (Lipinski definition) is 3. The Kier molecular flexibility index (Phi) is 4.77. The highest BCUT2D eigenvalue weighted by atomic mass is 19.1. The van der Waals surface area contributed by atoms with Crippen LogP contribution in [0.15, 0.2) is 54.7 Å². The maximum atomic E-state index is 14.3. The first-order valence-electron chi connectivity index (χ1n) is 9.08. The molecule has 0 saturated heterocycles. The van der Waals surface area contributed by atoms with E-state index in [9.17, 15) is 8.78 Å². The number of benzene rings is 2. The first kappa shape index (κ1) is 18.1. The third-order valence-corrected chi connectivity index (χ3v) is 4.95. The van der Waals surface area contributed by atoms with Crippen molar-refractivity contribution in [1.29, 1.82) is 0 Å². The Bertz CT molecular complexity index is 1140. The number of pyridine rings is 1. The molecule has 6 heteroatoms. The van der Waals surface area contributed by atoms with Gasteiger partial charge in [0.05, 0.1) is 17.6 Å². The second-order valence-corrected chi connectivity index (χ2v) is 6.76. The number of aromatic nitrogens is 3. The Morgan fingerprint density at radius 2 is 1.71 bits per heavy atom. The normalized spacial score (nSPS) is 11.1. The van der Waals surface area contributed by atoms with Gasteiger partial charge in [0.2, 0.25) is 0 Å². The van der Waals surface area contributed by atoms with Gasteiger partial charge in [-0.05, 0) is 37.6 Å². The van der Waals surface area contributed by atoms with Crippen LogP contribution >= 0.6 is 0 Å². The number of nitrogens with one attached hydrogen (secondary N) is 1. The van der Waals surface area contributed by atoms with E-state index in [1.165, 1.54) is 11.8 Å². The fraction of sp³-hybridized carbons (Fsp3) is 0.182. The number of nitrogens with zero attached hydrogens (tertiary/aromatic N) is 3. The maximum Gasteiger partial charge on any atom is 0.149 e. The molecule has 28 heavy (non-hydrogen) atoms. The van der Waals surface area contributed by atoms with Gasteiger partial charge in [0.1, 0.15) is 17.2 Å². The minimum Gasteiger partial charge on any atom is -0.380 e. The molecular weight excluding hydrogens is 358 g/mol. The molecule has 2 aromatic carbocycles. The molecule has 0 radical (unpaired) electrons. The highest BCUT2D eigenvalue weighted by molar-refractivity contribution is 5.91. The van der Waals surface area contributed by atoms with E-state index in [-0.39, 0.29) is 10.9 Å². The van der Waals surface area contributed by atoms with Gasteiger partial charge < -0.3 is 5.32 Å². The van der Waals surface area contributed by atoms with Gasteiger partial charge in [-0.1, -0.05) is 30.3 Å². The van der Waals surface area contributed by atoms with Gasteiger partial charge in [-0.2, -0.15) is 5.10 Å². The van der Waals surface area contributed by atoms with Gasteiger partial charge in [-0.25, -0.2) is 8.78 Å².